The van der Waals surface area contributed by atoms with E-state index in [2.05, 4.69) is 10.6 Å². The molecular weight excluding hydrogens is 438 g/mol. The molecule has 0 aliphatic carbocycles. The number of hydrogen-bond donors (Lipinski definition) is 4. The van der Waals surface area contributed by atoms with E-state index in [0.29, 0.717) is 16.3 Å². The van der Waals surface area contributed by atoms with Crippen molar-refractivity contribution in [2.45, 2.75) is 31.6 Å². The average molecular weight is 464 g/mol. The van der Waals surface area contributed by atoms with Crippen LogP contribution in [-0.2, 0) is 27.4 Å². The molecule has 0 saturated heterocycles. The van der Waals surface area contributed by atoms with Gasteiger partial charge in [0, 0.05) is 13.0 Å². The van der Waals surface area contributed by atoms with Gasteiger partial charge in [0.15, 0.2) is 0 Å². The van der Waals surface area contributed by atoms with Gasteiger partial charge in [-0.05, 0) is 23.3 Å². The molecule has 0 saturated carbocycles. The summed E-state index contributed by atoms with van der Waals surface area (Å²) in [5, 5.41) is 15.2. The Labute approximate surface area is 190 Å². The van der Waals surface area contributed by atoms with Crippen molar-refractivity contribution in [3.63, 3.8) is 0 Å². The fourth-order valence-corrected chi connectivity index (χ4v) is 3.09. The van der Waals surface area contributed by atoms with Gasteiger partial charge in [-0.1, -0.05) is 48.0 Å². The number of ether oxygens (including phenoxy) is 2. The smallest absolute Gasteiger partial charge is 0.407 e. The third kappa shape index (κ3) is 8.44. The van der Waals surface area contributed by atoms with E-state index in [-0.39, 0.29) is 26.0 Å². The Morgan fingerprint density at radius 3 is 2.47 bits per heavy atom. The van der Waals surface area contributed by atoms with Crippen molar-refractivity contribution in [3.8, 4) is 5.75 Å². The lowest BCUT2D eigenvalue weighted by molar-refractivity contribution is -0.128. The van der Waals surface area contributed by atoms with Crippen molar-refractivity contribution < 1.29 is 29.0 Å². The molecule has 0 aliphatic rings. The van der Waals surface area contributed by atoms with Gasteiger partial charge in [0.1, 0.15) is 18.4 Å². The minimum atomic E-state index is -1.18. The maximum Gasteiger partial charge on any atom is 0.407 e. The minimum absolute atomic E-state index is 0.0823. The Morgan fingerprint density at radius 1 is 1.12 bits per heavy atom. The molecule has 0 spiro atoms. The first-order valence-electron chi connectivity index (χ1n) is 9.82. The van der Waals surface area contributed by atoms with Crippen molar-refractivity contribution >= 4 is 29.5 Å². The van der Waals surface area contributed by atoms with Gasteiger partial charge < -0.3 is 30.9 Å². The first kappa shape index (κ1) is 25.0. The molecule has 2 rings (SSSR count). The van der Waals surface area contributed by atoms with E-state index in [0.717, 1.165) is 5.56 Å². The molecule has 5 N–H and O–H groups in total. The van der Waals surface area contributed by atoms with Crippen LogP contribution in [0.5, 0.6) is 5.75 Å². The number of nitrogens with one attached hydrogen (secondary N) is 2. The molecule has 2 aromatic rings. The van der Waals surface area contributed by atoms with E-state index < -0.39 is 30.1 Å². The van der Waals surface area contributed by atoms with Crippen molar-refractivity contribution in [1.82, 2.24) is 10.6 Å². The topological polar surface area (TPSA) is 140 Å². The zero-order valence-electron chi connectivity index (χ0n) is 17.5. The number of halogens is 1. The van der Waals surface area contributed by atoms with Gasteiger partial charge in [-0.3, -0.25) is 9.59 Å². The number of methoxy groups -OCH3 is 1. The Balaban J connectivity index is 1.77. The molecule has 0 radical (unpaired) electrons. The Morgan fingerprint density at radius 2 is 1.84 bits per heavy atom. The van der Waals surface area contributed by atoms with Crippen LogP contribution >= 0.6 is 11.6 Å². The summed E-state index contributed by atoms with van der Waals surface area (Å²) in [6, 6.07) is 13.1. The molecular formula is C22H26ClN3O6. The molecule has 0 unspecified atom stereocenters. The fraction of sp³-hybridized carbons (Fsp3) is 0.318. The van der Waals surface area contributed by atoms with Gasteiger partial charge in [-0.2, -0.15) is 0 Å². The summed E-state index contributed by atoms with van der Waals surface area (Å²) in [4.78, 5) is 35.7. The van der Waals surface area contributed by atoms with Gasteiger partial charge in [-0.15, -0.1) is 0 Å². The third-order valence-corrected chi connectivity index (χ3v) is 4.75. The first-order valence-corrected chi connectivity index (χ1v) is 10.2. The molecule has 172 valence electrons. The van der Waals surface area contributed by atoms with Crippen LogP contribution in [0.2, 0.25) is 5.02 Å². The number of aliphatic hydroxyl groups is 1. The molecule has 3 amide bonds. The van der Waals surface area contributed by atoms with Crippen molar-refractivity contribution in [1.29, 1.82) is 0 Å². The largest absolute Gasteiger partial charge is 0.495 e. The van der Waals surface area contributed by atoms with Crippen LogP contribution in [0.1, 0.15) is 17.5 Å². The summed E-state index contributed by atoms with van der Waals surface area (Å²) in [5.41, 5.74) is 6.88. The number of carbonyl (C=O) groups is 3. The summed E-state index contributed by atoms with van der Waals surface area (Å²) < 4.78 is 10.1. The maximum absolute atomic E-state index is 12.2. The molecule has 0 heterocycles. The lowest BCUT2D eigenvalue weighted by Gasteiger charge is -2.18. The highest BCUT2D eigenvalue weighted by Gasteiger charge is 2.21. The first-order chi connectivity index (χ1) is 15.3. The molecule has 0 aromatic heterocycles. The number of rotatable bonds is 11. The van der Waals surface area contributed by atoms with Crippen LogP contribution in [0, 0.1) is 0 Å². The van der Waals surface area contributed by atoms with Gasteiger partial charge in [0.05, 0.1) is 24.7 Å². The van der Waals surface area contributed by atoms with Gasteiger partial charge >= 0.3 is 6.09 Å². The monoisotopic (exact) mass is 463 g/mol. The number of alkyl carbamates (subject to hydrolysis) is 1. The van der Waals surface area contributed by atoms with E-state index in [1.54, 1.807) is 18.2 Å². The number of hydrogen-bond acceptors (Lipinski definition) is 6. The predicted molar refractivity (Wildman–Crippen MR) is 118 cm³/mol. The fourth-order valence-electron chi connectivity index (χ4n) is 2.81. The molecule has 2 atom stereocenters. The molecule has 0 fully saturated rings. The summed E-state index contributed by atoms with van der Waals surface area (Å²) in [6.07, 6.45) is -2.13. The maximum atomic E-state index is 12.2. The summed E-state index contributed by atoms with van der Waals surface area (Å²) in [6.45, 7) is -0.116. The highest BCUT2D eigenvalue weighted by molar-refractivity contribution is 6.32. The lowest BCUT2D eigenvalue weighted by atomic mass is 10.0. The third-order valence-electron chi connectivity index (χ3n) is 4.45. The van der Waals surface area contributed by atoms with E-state index in [4.69, 9.17) is 26.8 Å². The molecule has 32 heavy (non-hydrogen) atoms. The Hall–Kier alpha value is -3.30. The molecule has 10 heteroatoms. The second-order valence-electron chi connectivity index (χ2n) is 7.00. The highest BCUT2D eigenvalue weighted by Crippen LogP contribution is 2.25. The molecule has 9 nitrogen and oxygen atoms in total. The average Bonchev–Trinajstić information content (AvgIpc) is 2.76. The van der Waals surface area contributed by atoms with E-state index in [1.165, 1.54) is 7.11 Å². The Bertz CT molecular complexity index is 925. The molecule has 0 bridgehead atoms. The summed E-state index contributed by atoms with van der Waals surface area (Å²) >= 11 is 6.08. The number of nitrogens with two attached hydrogens (primary N) is 1. The van der Waals surface area contributed by atoms with Gasteiger partial charge in [0.2, 0.25) is 11.8 Å². The van der Waals surface area contributed by atoms with Crippen LogP contribution in [0.3, 0.4) is 0 Å². The summed E-state index contributed by atoms with van der Waals surface area (Å²) in [7, 11) is 1.48. The van der Waals surface area contributed by atoms with Crippen LogP contribution in [-0.4, -0.2) is 48.8 Å². The summed E-state index contributed by atoms with van der Waals surface area (Å²) in [5.74, 6) is -0.851. The van der Waals surface area contributed by atoms with E-state index in [1.807, 2.05) is 30.3 Å². The predicted octanol–water partition coefficient (Wildman–Crippen LogP) is 1.54. The number of amides is 3. The van der Waals surface area contributed by atoms with Crippen LogP contribution < -0.4 is 21.1 Å². The van der Waals surface area contributed by atoms with Gasteiger partial charge in [0.25, 0.3) is 0 Å². The normalized spacial score (nSPS) is 12.3. The van der Waals surface area contributed by atoms with Gasteiger partial charge in [-0.25, -0.2) is 4.79 Å². The van der Waals surface area contributed by atoms with Crippen LogP contribution in [0.4, 0.5) is 4.79 Å². The zero-order chi connectivity index (χ0) is 23.5. The van der Waals surface area contributed by atoms with Crippen LogP contribution in [0.15, 0.2) is 48.5 Å². The second-order valence-corrected chi connectivity index (χ2v) is 7.40. The van der Waals surface area contributed by atoms with E-state index in [9.17, 15) is 19.5 Å². The molecule has 0 aliphatic heterocycles. The number of primary amides is 1. The van der Waals surface area contributed by atoms with Crippen molar-refractivity contribution in [3.05, 3.63) is 64.7 Å². The second kappa shape index (κ2) is 12.5. The number of aliphatic hydroxyl groups excluding tert-OH is 1. The SMILES string of the molecule is COc1ccc(C[C@H](NC(=O)C[C@H](O)CNC(=O)OCc2ccccc2)C(N)=O)cc1Cl. The zero-order valence-corrected chi connectivity index (χ0v) is 18.3. The number of carbonyl (C=O) groups excluding carboxylic acids is 3. The quantitative estimate of drug-likeness (QED) is 0.398. The van der Waals surface area contributed by atoms with Crippen molar-refractivity contribution in [2.24, 2.45) is 5.73 Å². The highest BCUT2D eigenvalue weighted by atomic mass is 35.5. The molecule has 2 aromatic carbocycles. The van der Waals surface area contributed by atoms with Crippen molar-refractivity contribution in [2.75, 3.05) is 13.7 Å². The van der Waals surface area contributed by atoms with E-state index >= 15 is 0 Å². The lowest BCUT2D eigenvalue weighted by Crippen LogP contribution is -2.47. The Kier molecular flexibility index (Phi) is 9.77. The standard InChI is InChI=1S/C22H26ClN3O6/c1-31-19-8-7-15(9-17(19)23)10-18(21(24)29)26-20(28)11-16(27)12-25-22(30)32-13-14-5-3-2-4-6-14/h2-9,16,18,27H,10-13H2,1H3,(H2,24,29)(H,25,30)(H,26,28)/t16-,18-/m0/s1. The number of benzene rings is 2. The van der Waals surface area contributed by atoms with Crippen LogP contribution in [0.25, 0.3) is 0 Å². The minimum Gasteiger partial charge on any atom is -0.495 e.